The molecule has 0 amide bonds. The Morgan fingerprint density at radius 3 is 2.53 bits per heavy atom. The second kappa shape index (κ2) is 5.13. The van der Waals surface area contributed by atoms with Crippen LogP contribution in [-0.2, 0) is 4.79 Å². The minimum atomic E-state index is 0.214. The predicted molar refractivity (Wildman–Crippen MR) is 71.0 cm³/mol. The van der Waals surface area contributed by atoms with Crippen molar-refractivity contribution in [2.75, 3.05) is 0 Å². The van der Waals surface area contributed by atoms with Crippen LogP contribution in [0.15, 0.2) is 28.8 Å². The van der Waals surface area contributed by atoms with Crippen molar-refractivity contribution in [3.8, 4) is 11.4 Å². The first kappa shape index (κ1) is 12.4. The molecule has 0 aliphatic heterocycles. The summed E-state index contributed by atoms with van der Waals surface area (Å²) in [7, 11) is 0. The number of carbonyl (C=O) groups is 1. The second-order valence-electron chi connectivity index (χ2n) is 4.78. The highest BCUT2D eigenvalue weighted by Gasteiger charge is 2.25. The Hall–Kier alpha value is -1.68. The number of hydrogen-bond acceptors (Lipinski definition) is 4. The van der Waals surface area contributed by atoms with Crippen LogP contribution in [0, 0.1) is 0 Å². The fraction of sp³-hybridized carbons (Fsp3) is 0.357. The molecule has 2 aromatic rings. The molecular weight excluding hydrogens is 264 g/mol. The summed E-state index contributed by atoms with van der Waals surface area (Å²) < 4.78 is 5.32. The molecule has 1 aliphatic rings. The third kappa shape index (κ3) is 2.68. The highest BCUT2D eigenvalue weighted by Crippen LogP contribution is 2.31. The summed E-state index contributed by atoms with van der Waals surface area (Å²) in [4.78, 5) is 15.6. The zero-order valence-electron chi connectivity index (χ0n) is 10.3. The molecule has 4 nitrogen and oxygen atoms in total. The lowest BCUT2D eigenvalue weighted by atomic mass is 9.88. The van der Waals surface area contributed by atoms with Gasteiger partial charge >= 0.3 is 0 Å². The topological polar surface area (TPSA) is 56.0 Å². The number of carbonyl (C=O) groups excluding carboxylic acids is 1. The lowest BCUT2D eigenvalue weighted by Gasteiger charge is -2.16. The molecule has 0 atom stereocenters. The van der Waals surface area contributed by atoms with E-state index in [1.54, 1.807) is 12.1 Å². The highest BCUT2D eigenvalue weighted by molar-refractivity contribution is 6.30. The molecule has 19 heavy (non-hydrogen) atoms. The van der Waals surface area contributed by atoms with Crippen LogP contribution in [0.4, 0.5) is 0 Å². The maximum atomic E-state index is 11.2. The van der Waals surface area contributed by atoms with Gasteiger partial charge in [-0.15, -0.1) is 0 Å². The van der Waals surface area contributed by atoms with Crippen molar-refractivity contribution >= 4 is 17.4 Å². The summed E-state index contributed by atoms with van der Waals surface area (Å²) in [5.74, 6) is 1.75. The number of nitrogens with zero attached hydrogens (tertiary/aromatic N) is 2. The standard InChI is InChI=1S/C14H13ClN2O2/c15-11-5-1-9(2-6-11)13-16-14(19-17-13)10-3-7-12(18)8-4-10/h1-2,5-6,10H,3-4,7-8H2. The van der Waals surface area contributed by atoms with Crippen LogP contribution in [0.3, 0.4) is 0 Å². The molecule has 1 fully saturated rings. The number of benzene rings is 1. The van der Waals surface area contributed by atoms with Crippen molar-refractivity contribution in [1.82, 2.24) is 10.1 Å². The Morgan fingerprint density at radius 1 is 1.16 bits per heavy atom. The van der Waals surface area contributed by atoms with E-state index in [-0.39, 0.29) is 5.92 Å². The van der Waals surface area contributed by atoms with Crippen LogP contribution < -0.4 is 0 Å². The Labute approximate surface area is 115 Å². The van der Waals surface area contributed by atoms with Gasteiger partial charge in [0.2, 0.25) is 11.7 Å². The lowest BCUT2D eigenvalue weighted by molar-refractivity contribution is -0.120. The van der Waals surface area contributed by atoms with Gasteiger partial charge in [0.25, 0.3) is 0 Å². The van der Waals surface area contributed by atoms with Crippen molar-refractivity contribution in [3.05, 3.63) is 35.2 Å². The third-order valence-corrected chi connectivity index (χ3v) is 3.69. The van der Waals surface area contributed by atoms with Crippen LogP contribution in [0.1, 0.15) is 37.5 Å². The monoisotopic (exact) mass is 276 g/mol. The fourth-order valence-corrected chi connectivity index (χ4v) is 2.43. The van der Waals surface area contributed by atoms with E-state index < -0.39 is 0 Å². The van der Waals surface area contributed by atoms with Gasteiger partial charge in [0.05, 0.1) is 0 Å². The molecule has 5 heteroatoms. The smallest absolute Gasteiger partial charge is 0.230 e. The number of aromatic nitrogens is 2. The van der Waals surface area contributed by atoms with E-state index in [2.05, 4.69) is 10.1 Å². The molecule has 0 bridgehead atoms. The van der Waals surface area contributed by atoms with Gasteiger partial charge in [0, 0.05) is 29.3 Å². The summed E-state index contributed by atoms with van der Waals surface area (Å²) in [5.41, 5.74) is 0.881. The molecule has 98 valence electrons. The Kier molecular flexibility index (Phi) is 3.34. The van der Waals surface area contributed by atoms with Crippen molar-refractivity contribution in [2.45, 2.75) is 31.6 Å². The number of Topliss-reactive ketones (excluding diaryl/α,β-unsaturated/α-hetero) is 1. The molecule has 0 radical (unpaired) electrons. The fourth-order valence-electron chi connectivity index (χ4n) is 2.30. The van der Waals surface area contributed by atoms with E-state index in [0.29, 0.717) is 35.4 Å². The summed E-state index contributed by atoms with van der Waals surface area (Å²) >= 11 is 5.84. The van der Waals surface area contributed by atoms with Gasteiger partial charge in [0.15, 0.2) is 0 Å². The quantitative estimate of drug-likeness (QED) is 0.841. The lowest BCUT2D eigenvalue weighted by Crippen LogP contribution is -2.12. The first-order valence-electron chi connectivity index (χ1n) is 6.33. The summed E-state index contributed by atoms with van der Waals surface area (Å²) in [5, 5.41) is 4.68. The largest absolute Gasteiger partial charge is 0.339 e. The van der Waals surface area contributed by atoms with Crippen molar-refractivity contribution < 1.29 is 9.32 Å². The molecule has 1 aliphatic carbocycles. The maximum Gasteiger partial charge on any atom is 0.230 e. The van der Waals surface area contributed by atoms with Gasteiger partial charge in [-0.25, -0.2) is 0 Å². The average Bonchev–Trinajstić information content (AvgIpc) is 2.90. The van der Waals surface area contributed by atoms with Gasteiger partial charge < -0.3 is 4.52 Å². The summed E-state index contributed by atoms with van der Waals surface area (Å²) in [6, 6.07) is 7.32. The molecule has 0 spiro atoms. The van der Waals surface area contributed by atoms with Gasteiger partial charge in [-0.1, -0.05) is 16.8 Å². The molecule has 0 unspecified atom stereocenters. The first-order chi connectivity index (χ1) is 9.22. The van der Waals surface area contributed by atoms with E-state index >= 15 is 0 Å². The molecule has 1 aromatic heterocycles. The average molecular weight is 277 g/mol. The minimum Gasteiger partial charge on any atom is -0.339 e. The van der Waals surface area contributed by atoms with E-state index in [4.69, 9.17) is 16.1 Å². The molecule has 0 N–H and O–H groups in total. The van der Waals surface area contributed by atoms with Gasteiger partial charge in [0.1, 0.15) is 5.78 Å². The van der Waals surface area contributed by atoms with Gasteiger partial charge in [-0.05, 0) is 37.1 Å². The zero-order valence-corrected chi connectivity index (χ0v) is 11.1. The third-order valence-electron chi connectivity index (χ3n) is 3.44. The molecule has 1 aromatic carbocycles. The van der Waals surface area contributed by atoms with E-state index in [0.717, 1.165) is 18.4 Å². The first-order valence-corrected chi connectivity index (χ1v) is 6.71. The van der Waals surface area contributed by atoms with Crippen LogP contribution in [0.5, 0.6) is 0 Å². The van der Waals surface area contributed by atoms with Crippen LogP contribution >= 0.6 is 11.6 Å². The van der Waals surface area contributed by atoms with Gasteiger partial charge in [-0.3, -0.25) is 4.79 Å². The molecule has 1 saturated carbocycles. The van der Waals surface area contributed by atoms with E-state index in [1.165, 1.54) is 0 Å². The van der Waals surface area contributed by atoms with Crippen LogP contribution in [0.2, 0.25) is 5.02 Å². The maximum absolute atomic E-state index is 11.2. The van der Waals surface area contributed by atoms with Gasteiger partial charge in [-0.2, -0.15) is 4.98 Å². The van der Waals surface area contributed by atoms with Crippen molar-refractivity contribution in [3.63, 3.8) is 0 Å². The molecule has 0 saturated heterocycles. The van der Waals surface area contributed by atoms with Crippen molar-refractivity contribution in [1.29, 1.82) is 0 Å². The Balaban J connectivity index is 1.79. The summed E-state index contributed by atoms with van der Waals surface area (Å²) in [6.45, 7) is 0. The molecule has 3 rings (SSSR count). The normalized spacial score (nSPS) is 16.8. The second-order valence-corrected chi connectivity index (χ2v) is 5.21. The zero-order chi connectivity index (χ0) is 13.2. The minimum absolute atomic E-state index is 0.214. The SMILES string of the molecule is O=C1CCC(c2nc(-c3ccc(Cl)cc3)no2)CC1. The van der Waals surface area contributed by atoms with E-state index in [9.17, 15) is 4.79 Å². The van der Waals surface area contributed by atoms with Crippen LogP contribution in [0.25, 0.3) is 11.4 Å². The highest BCUT2D eigenvalue weighted by atomic mass is 35.5. The number of ketones is 1. The summed E-state index contributed by atoms with van der Waals surface area (Å²) in [6.07, 6.45) is 2.84. The molecular formula is C14H13ClN2O2. The predicted octanol–water partition coefficient (Wildman–Crippen LogP) is 3.62. The Bertz CT molecular complexity index is 582. The number of rotatable bonds is 2. The Morgan fingerprint density at radius 2 is 1.84 bits per heavy atom. The molecule has 1 heterocycles. The number of hydrogen-bond donors (Lipinski definition) is 0. The van der Waals surface area contributed by atoms with E-state index in [1.807, 2.05) is 12.1 Å². The van der Waals surface area contributed by atoms with Crippen molar-refractivity contribution in [2.24, 2.45) is 0 Å². The number of halogens is 1. The van der Waals surface area contributed by atoms with Crippen LogP contribution in [-0.4, -0.2) is 15.9 Å².